The molecule has 0 radical (unpaired) electrons. The van der Waals surface area contributed by atoms with E-state index < -0.39 is 0 Å². The zero-order valence-electron chi connectivity index (χ0n) is 13.6. The highest BCUT2D eigenvalue weighted by atomic mass is 16.5. The molecule has 5 heterocycles. The van der Waals surface area contributed by atoms with Gasteiger partial charge in [-0.3, -0.25) is 14.7 Å². The van der Waals surface area contributed by atoms with Crippen molar-refractivity contribution in [2.75, 3.05) is 32.8 Å². The Morgan fingerprint density at radius 1 is 1.00 bits per heavy atom. The Morgan fingerprint density at radius 3 is 2.57 bits per heavy atom. The molecule has 1 aromatic rings. The van der Waals surface area contributed by atoms with Gasteiger partial charge in [-0.15, -0.1) is 0 Å². The van der Waals surface area contributed by atoms with Crippen LogP contribution in [0.1, 0.15) is 36.0 Å². The third-order valence-corrected chi connectivity index (χ3v) is 5.64. The predicted molar refractivity (Wildman–Crippen MR) is 87.2 cm³/mol. The molecular weight excluding hydrogens is 290 g/mol. The van der Waals surface area contributed by atoms with Crippen LogP contribution in [0.4, 0.5) is 0 Å². The number of fused-ring (bicyclic) bond motifs is 4. The Kier molecular flexibility index (Phi) is 4.31. The molecule has 1 amide bonds. The maximum Gasteiger partial charge on any atom is 0.254 e. The van der Waals surface area contributed by atoms with Crippen LogP contribution >= 0.6 is 0 Å². The van der Waals surface area contributed by atoms with Crippen LogP contribution in [0.2, 0.25) is 0 Å². The predicted octanol–water partition coefficient (Wildman–Crippen LogP) is 1.80. The minimum atomic E-state index is 0.177. The summed E-state index contributed by atoms with van der Waals surface area (Å²) in [6.07, 6.45) is 8.08. The first-order chi connectivity index (χ1) is 11.3. The molecule has 5 rings (SSSR count). The zero-order chi connectivity index (χ0) is 15.6. The fourth-order valence-electron chi connectivity index (χ4n) is 4.38. The number of piperidine rings is 1. The van der Waals surface area contributed by atoms with Gasteiger partial charge in [0.05, 0.1) is 0 Å². The molecule has 2 atom stereocenters. The Bertz CT molecular complexity index is 544. The van der Waals surface area contributed by atoms with Gasteiger partial charge in [-0.05, 0) is 43.7 Å². The van der Waals surface area contributed by atoms with Crippen molar-refractivity contribution in [2.45, 2.75) is 37.8 Å². The Labute approximate surface area is 137 Å². The number of carbonyl (C=O) groups excluding carboxylic acids is 1. The van der Waals surface area contributed by atoms with Crippen LogP contribution in [0, 0.1) is 5.92 Å². The molecule has 4 saturated heterocycles. The first-order valence-corrected chi connectivity index (χ1v) is 8.84. The highest BCUT2D eigenvalue weighted by molar-refractivity contribution is 5.94. The highest BCUT2D eigenvalue weighted by Crippen LogP contribution is 2.31. The summed E-state index contributed by atoms with van der Waals surface area (Å²) in [5, 5.41) is 0. The maximum atomic E-state index is 12.9. The molecule has 4 aliphatic rings. The average Bonchev–Trinajstić information content (AvgIpc) is 2.94. The summed E-state index contributed by atoms with van der Waals surface area (Å²) < 4.78 is 5.51. The van der Waals surface area contributed by atoms with Crippen molar-refractivity contribution in [1.29, 1.82) is 0 Å². The molecule has 0 unspecified atom stereocenters. The van der Waals surface area contributed by atoms with Gasteiger partial charge in [-0.2, -0.15) is 0 Å². The van der Waals surface area contributed by atoms with Crippen molar-refractivity contribution in [1.82, 2.24) is 14.8 Å². The Hall–Kier alpha value is -1.46. The third-order valence-electron chi connectivity index (χ3n) is 5.64. The monoisotopic (exact) mass is 315 g/mol. The second kappa shape index (κ2) is 6.57. The summed E-state index contributed by atoms with van der Waals surface area (Å²) in [6.45, 7) is 4.84. The van der Waals surface area contributed by atoms with E-state index in [0.29, 0.717) is 18.0 Å². The largest absolute Gasteiger partial charge is 0.381 e. The first-order valence-electron chi connectivity index (χ1n) is 8.84. The highest BCUT2D eigenvalue weighted by Gasteiger charge is 2.39. The normalized spacial score (nSPS) is 29.5. The van der Waals surface area contributed by atoms with Gasteiger partial charge in [0.2, 0.25) is 0 Å². The number of nitrogens with zero attached hydrogens (tertiary/aromatic N) is 3. The van der Waals surface area contributed by atoms with E-state index in [1.807, 2.05) is 12.1 Å². The molecule has 1 aromatic heterocycles. The molecule has 2 bridgehead atoms. The standard InChI is InChI=1S/C18H25N3O2/c22-18(15-3-7-19-8-4-15)21-12-14-1-2-17(21)13-20(11-14)16-5-9-23-10-6-16/h3-4,7-8,14,16-17H,1-2,5-6,9-13H2/t14-,17+/m0/s1. The molecule has 0 N–H and O–H groups in total. The molecule has 0 spiro atoms. The number of pyridine rings is 1. The summed E-state index contributed by atoms with van der Waals surface area (Å²) in [4.78, 5) is 21.7. The van der Waals surface area contributed by atoms with E-state index in [4.69, 9.17) is 4.74 Å². The van der Waals surface area contributed by atoms with E-state index in [9.17, 15) is 4.79 Å². The van der Waals surface area contributed by atoms with E-state index in [2.05, 4.69) is 14.8 Å². The smallest absolute Gasteiger partial charge is 0.254 e. The number of carbonyl (C=O) groups is 1. The third kappa shape index (κ3) is 3.12. The van der Waals surface area contributed by atoms with Gasteiger partial charge in [0.25, 0.3) is 5.91 Å². The van der Waals surface area contributed by atoms with Gasteiger partial charge >= 0.3 is 0 Å². The number of rotatable bonds is 2. The number of hydrogen-bond acceptors (Lipinski definition) is 4. The average molecular weight is 315 g/mol. The van der Waals surface area contributed by atoms with E-state index in [0.717, 1.165) is 57.7 Å². The van der Waals surface area contributed by atoms with Gasteiger partial charge in [-0.25, -0.2) is 0 Å². The van der Waals surface area contributed by atoms with Crippen LogP contribution < -0.4 is 0 Å². The lowest BCUT2D eigenvalue weighted by Crippen LogP contribution is -2.48. The minimum Gasteiger partial charge on any atom is -0.381 e. The van der Waals surface area contributed by atoms with Gasteiger partial charge in [0.15, 0.2) is 0 Å². The maximum absolute atomic E-state index is 12.9. The fraction of sp³-hybridized carbons (Fsp3) is 0.667. The zero-order valence-corrected chi connectivity index (χ0v) is 13.6. The molecule has 5 heteroatoms. The quantitative estimate of drug-likeness (QED) is 0.835. The van der Waals surface area contributed by atoms with Crippen LogP contribution in [-0.2, 0) is 4.74 Å². The Balaban J connectivity index is 1.50. The van der Waals surface area contributed by atoms with Gasteiger partial charge in [-0.1, -0.05) is 0 Å². The molecule has 4 aliphatic heterocycles. The second-order valence-electron chi connectivity index (χ2n) is 7.09. The number of hydrogen-bond donors (Lipinski definition) is 0. The van der Waals surface area contributed by atoms with Crippen molar-refractivity contribution < 1.29 is 9.53 Å². The molecule has 0 saturated carbocycles. The molecule has 0 aromatic carbocycles. The van der Waals surface area contributed by atoms with Crippen LogP contribution in [-0.4, -0.2) is 65.6 Å². The van der Waals surface area contributed by atoms with E-state index in [1.54, 1.807) is 12.4 Å². The molecule has 5 nitrogen and oxygen atoms in total. The van der Waals surface area contributed by atoms with E-state index >= 15 is 0 Å². The molecule has 0 aliphatic carbocycles. The van der Waals surface area contributed by atoms with Crippen molar-refractivity contribution in [3.8, 4) is 0 Å². The van der Waals surface area contributed by atoms with Crippen LogP contribution in [0.3, 0.4) is 0 Å². The summed E-state index contributed by atoms with van der Waals surface area (Å²) >= 11 is 0. The van der Waals surface area contributed by atoms with E-state index in [-0.39, 0.29) is 5.91 Å². The van der Waals surface area contributed by atoms with Gasteiger partial charge in [0.1, 0.15) is 0 Å². The van der Waals surface area contributed by atoms with Gasteiger partial charge in [0, 0.05) is 62.9 Å². The molecule has 124 valence electrons. The number of amides is 1. The van der Waals surface area contributed by atoms with Crippen LogP contribution in [0.25, 0.3) is 0 Å². The molecule has 23 heavy (non-hydrogen) atoms. The summed E-state index contributed by atoms with van der Waals surface area (Å²) in [5.74, 6) is 0.790. The lowest BCUT2D eigenvalue weighted by atomic mass is 9.94. The first kappa shape index (κ1) is 15.1. The second-order valence-corrected chi connectivity index (χ2v) is 7.09. The lowest BCUT2D eigenvalue weighted by Gasteiger charge is -2.37. The number of aromatic nitrogens is 1. The van der Waals surface area contributed by atoms with Crippen molar-refractivity contribution in [3.05, 3.63) is 30.1 Å². The van der Waals surface area contributed by atoms with Crippen LogP contribution in [0.5, 0.6) is 0 Å². The van der Waals surface area contributed by atoms with Crippen molar-refractivity contribution >= 4 is 5.91 Å². The summed E-state index contributed by atoms with van der Waals surface area (Å²) in [6, 6.07) is 4.66. The summed E-state index contributed by atoms with van der Waals surface area (Å²) in [7, 11) is 0. The topological polar surface area (TPSA) is 45.7 Å². The van der Waals surface area contributed by atoms with Crippen molar-refractivity contribution in [3.63, 3.8) is 0 Å². The minimum absolute atomic E-state index is 0.177. The Morgan fingerprint density at radius 2 is 1.78 bits per heavy atom. The van der Waals surface area contributed by atoms with Gasteiger partial charge < -0.3 is 9.64 Å². The lowest BCUT2D eigenvalue weighted by molar-refractivity contribution is 0.0304. The van der Waals surface area contributed by atoms with E-state index in [1.165, 1.54) is 6.42 Å². The molecule has 4 fully saturated rings. The van der Waals surface area contributed by atoms with Crippen LogP contribution in [0.15, 0.2) is 24.5 Å². The SMILES string of the molecule is O=C(c1ccncc1)N1C[C@H]2CC[C@@H]1CN(C1CCOCC1)C2. The number of ether oxygens (including phenoxy) is 1. The molecular formula is C18H25N3O2. The fourth-order valence-corrected chi connectivity index (χ4v) is 4.38. The van der Waals surface area contributed by atoms with Crippen molar-refractivity contribution in [2.24, 2.45) is 5.92 Å². The summed E-state index contributed by atoms with van der Waals surface area (Å²) in [5.41, 5.74) is 0.769.